The molecule has 0 fully saturated rings. The van der Waals surface area contributed by atoms with Crippen molar-refractivity contribution in [3.8, 4) is 5.75 Å². The molecule has 0 bridgehead atoms. The summed E-state index contributed by atoms with van der Waals surface area (Å²) in [6.45, 7) is -0.199. The second kappa shape index (κ2) is 9.15. The van der Waals surface area contributed by atoms with Crippen molar-refractivity contribution in [1.82, 2.24) is 0 Å². The van der Waals surface area contributed by atoms with Gasteiger partial charge in [0.2, 0.25) is 0 Å². The highest BCUT2D eigenvalue weighted by atomic mass is 16.4. The molecule has 0 saturated heterocycles. The van der Waals surface area contributed by atoms with Crippen LogP contribution in [0.25, 0.3) is 0 Å². The molecule has 0 aliphatic rings. The second-order valence-corrected chi connectivity index (χ2v) is 4.94. The maximum absolute atomic E-state index is 10.4. The number of para-hydroxylation sites is 1. The number of hydrogen-bond acceptors (Lipinski definition) is 4. The normalized spacial score (nSPS) is 14.2. The van der Waals surface area contributed by atoms with Crippen LogP contribution >= 0.6 is 0 Å². The first-order chi connectivity index (χ1) is 10.1. The van der Waals surface area contributed by atoms with Gasteiger partial charge in [0, 0.05) is 24.5 Å². The summed E-state index contributed by atoms with van der Waals surface area (Å²) < 4.78 is 0. The Labute approximate surface area is 124 Å². The van der Waals surface area contributed by atoms with Crippen molar-refractivity contribution in [2.24, 2.45) is 5.92 Å². The highest BCUT2D eigenvalue weighted by molar-refractivity contribution is 5.66. The van der Waals surface area contributed by atoms with Gasteiger partial charge in [0.25, 0.3) is 0 Å². The van der Waals surface area contributed by atoms with E-state index in [1.54, 1.807) is 18.2 Å². The van der Waals surface area contributed by atoms with Crippen LogP contribution in [0.4, 0.5) is 0 Å². The maximum atomic E-state index is 10.4. The molecule has 1 rings (SSSR count). The van der Waals surface area contributed by atoms with Crippen molar-refractivity contribution in [1.29, 1.82) is 0 Å². The number of aliphatic carboxylic acids is 1. The van der Waals surface area contributed by atoms with Gasteiger partial charge in [-0.3, -0.25) is 4.79 Å². The average Bonchev–Trinajstić information content (AvgIpc) is 2.46. The first-order valence-corrected chi connectivity index (χ1v) is 7.00. The molecule has 0 aliphatic heterocycles. The zero-order valence-electron chi connectivity index (χ0n) is 11.9. The minimum atomic E-state index is -0.945. The third-order valence-electron chi connectivity index (χ3n) is 3.30. The minimum absolute atomic E-state index is 0.00823. The highest BCUT2D eigenvalue weighted by Crippen LogP contribution is 2.30. The van der Waals surface area contributed by atoms with Gasteiger partial charge in [-0.25, -0.2) is 0 Å². The Kier molecular flexibility index (Phi) is 7.50. The summed E-state index contributed by atoms with van der Waals surface area (Å²) in [5, 5.41) is 37.8. The SMILES string of the molecule is O=C(O)CCC/C=C\C[C@H](CO)[C@H](O)c1ccccc1O. The monoisotopic (exact) mass is 294 g/mol. The van der Waals surface area contributed by atoms with E-state index in [1.165, 1.54) is 6.07 Å². The molecule has 4 N–H and O–H groups in total. The fourth-order valence-corrected chi connectivity index (χ4v) is 2.05. The number of phenolic OH excluding ortho intramolecular Hbond substituents is 1. The number of carboxylic acid groups (broad SMARTS) is 1. The van der Waals surface area contributed by atoms with Gasteiger partial charge in [-0.15, -0.1) is 0 Å². The molecule has 5 nitrogen and oxygen atoms in total. The third kappa shape index (κ3) is 5.97. The van der Waals surface area contributed by atoms with Gasteiger partial charge >= 0.3 is 5.97 Å². The van der Waals surface area contributed by atoms with E-state index in [-0.39, 0.29) is 18.8 Å². The van der Waals surface area contributed by atoms with E-state index < -0.39 is 18.0 Å². The number of carboxylic acids is 1. The largest absolute Gasteiger partial charge is 0.508 e. The molecule has 116 valence electrons. The maximum Gasteiger partial charge on any atom is 0.303 e. The van der Waals surface area contributed by atoms with Crippen LogP contribution < -0.4 is 0 Å². The standard InChI is InChI=1S/C16H22O5/c17-11-12(7-3-1-2-4-10-15(19)20)16(21)13-8-5-6-9-14(13)18/h1,3,5-6,8-9,12,16-18,21H,2,4,7,10-11H2,(H,19,20)/b3-1-/t12-,16+/m1/s1. The number of phenols is 1. The molecule has 0 unspecified atom stereocenters. The van der Waals surface area contributed by atoms with Gasteiger partial charge < -0.3 is 20.4 Å². The van der Waals surface area contributed by atoms with Crippen LogP contribution in [-0.4, -0.2) is 33.0 Å². The summed E-state index contributed by atoms with van der Waals surface area (Å²) in [5.74, 6) is -1.21. The highest BCUT2D eigenvalue weighted by Gasteiger charge is 2.21. The molecule has 0 heterocycles. The van der Waals surface area contributed by atoms with E-state index in [0.29, 0.717) is 24.8 Å². The molecule has 0 aliphatic carbocycles. The van der Waals surface area contributed by atoms with Gasteiger partial charge in [0.15, 0.2) is 0 Å². The molecular weight excluding hydrogens is 272 g/mol. The summed E-state index contributed by atoms with van der Waals surface area (Å²) in [6, 6.07) is 6.50. The number of aliphatic hydroxyl groups is 2. The Morgan fingerprint density at radius 2 is 1.95 bits per heavy atom. The summed E-state index contributed by atoms with van der Waals surface area (Å²) in [7, 11) is 0. The minimum Gasteiger partial charge on any atom is -0.508 e. The zero-order chi connectivity index (χ0) is 15.7. The van der Waals surface area contributed by atoms with Gasteiger partial charge in [0.1, 0.15) is 5.75 Å². The molecule has 21 heavy (non-hydrogen) atoms. The number of aliphatic hydroxyl groups excluding tert-OH is 2. The summed E-state index contributed by atoms with van der Waals surface area (Å²) in [4.78, 5) is 10.4. The lowest BCUT2D eigenvalue weighted by Crippen LogP contribution is -2.16. The lowest BCUT2D eigenvalue weighted by molar-refractivity contribution is -0.137. The topological polar surface area (TPSA) is 98.0 Å². The summed E-state index contributed by atoms with van der Waals surface area (Å²) in [6.07, 6.45) is 4.54. The van der Waals surface area contributed by atoms with Crippen LogP contribution in [0.5, 0.6) is 5.75 Å². The van der Waals surface area contributed by atoms with Crippen molar-refractivity contribution in [2.75, 3.05) is 6.61 Å². The van der Waals surface area contributed by atoms with Crippen LogP contribution in [0.3, 0.4) is 0 Å². The van der Waals surface area contributed by atoms with Gasteiger partial charge in [-0.2, -0.15) is 0 Å². The molecule has 0 amide bonds. The van der Waals surface area contributed by atoms with Gasteiger partial charge in [-0.05, 0) is 25.3 Å². The summed E-state index contributed by atoms with van der Waals surface area (Å²) >= 11 is 0. The number of benzene rings is 1. The molecule has 5 heteroatoms. The van der Waals surface area contributed by atoms with Crippen LogP contribution in [0.1, 0.15) is 37.4 Å². The summed E-state index contributed by atoms with van der Waals surface area (Å²) in [5.41, 5.74) is 0.399. The number of aromatic hydroxyl groups is 1. The van der Waals surface area contributed by atoms with E-state index >= 15 is 0 Å². The van der Waals surface area contributed by atoms with E-state index in [0.717, 1.165) is 0 Å². The van der Waals surface area contributed by atoms with Crippen LogP contribution in [0, 0.1) is 5.92 Å². The smallest absolute Gasteiger partial charge is 0.303 e. The number of unbranched alkanes of at least 4 members (excludes halogenated alkanes) is 1. The fraction of sp³-hybridized carbons (Fsp3) is 0.438. The average molecular weight is 294 g/mol. The molecule has 0 saturated carbocycles. The van der Waals surface area contributed by atoms with E-state index in [9.17, 15) is 20.1 Å². The van der Waals surface area contributed by atoms with E-state index in [2.05, 4.69) is 0 Å². The number of carbonyl (C=O) groups is 1. The predicted octanol–water partition coefficient (Wildman–Crippen LogP) is 2.24. The molecule has 2 atom stereocenters. The third-order valence-corrected chi connectivity index (χ3v) is 3.30. The first kappa shape index (κ1) is 17.2. The first-order valence-electron chi connectivity index (χ1n) is 7.00. The van der Waals surface area contributed by atoms with Crippen LogP contribution in [0.2, 0.25) is 0 Å². The van der Waals surface area contributed by atoms with Crippen molar-refractivity contribution >= 4 is 5.97 Å². The lowest BCUT2D eigenvalue weighted by Gasteiger charge is -2.20. The molecule has 0 aromatic heterocycles. The molecule has 1 aromatic carbocycles. The predicted molar refractivity (Wildman–Crippen MR) is 78.9 cm³/mol. The lowest BCUT2D eigenvalue weighted by atomic mass is 9.92. The number of rotatable bonds is 9. The Bertz CT molecular complexity index is 469. The Hall–Kier alpha value is -1.85. The molecule has 0 spiro atoms. The number of allylic oxidation sites excluding steroid dienone is 2. The van der Waals surface area contributed by atoms with Crippen molar-refractivity contribution < 1.29 is 25.2 Å². The zero-order valence-corrected chi connectivity index (χ0v) is 11.9. The van der Waals surface area contributed by atoms with E-state index in [4.69, 9.17) is 5.11 Å². The molecule has 0 radical (unpaired) electrons. The Balaban J connectivity index is 2.49. The molecular formula is C16H22O5. The van der Waals surface area contributed by atoms with Crippen LogP contribution in [0.15, 0.2) is 36.4 Å². The van der Waals surface area contributed by atoms with Crippen molar-refractivity contribution in [3.63, 3.8) is 0 Å². The van der Waals surface area contributed by atoms with E-state index in [1.807, 2.05) is 12.2 Å². The molecule has 1 aromatic rings. The fourth-order valence-electron chi connectivity index (χ4n) is 2.05. The Morgan fingerprint density at radius 1 is 1.24 bits per heavy atom. The van der Waals surface area contributed by atoms with Crippen molar-refractivity contribution in [2.45, 2.75) is 31.8 Å². The quantitative estimate of drug-likeness (QED) is 0.413. The number of hydrogen-bond donors (Lipinski definition) is 4. The Morgan fingerprint density at radius 3 is 2.57 bits per heavy atom. The second-order valence-electron chi connectivity index (χ2n) is 4.94. The van der Waals surface area contributed by atoms with Gasteiger partial charge in [0.05, 0.1) is 6.10 Å². The van der Waals surface area contributed by atoms with Crippen LogP contribution in [-0.2, 0) is 4.79 Å². The van der Waals surface area contributed by atoms with Gasteiger partial charge in [-0.1, -0.05) is 30.4 Å². The van der Waals surface area contributed by atoms with Crippen molar-refractivity contribution in [3.05, 3.63) is 42.0 Å².